The average Bonchev–Trinajstić information content (AvgIpc) is 2.74. The topological polar surface area (TPSA) is 148 Å². The maximum atomic E-state index is 12.6. The van der Waals surface area contributed by atoms with Gasteiger partial charge in [-0.3, -0.25) is 19.7 Å². The fourth-order valence-corrected chi connectivity index (χ4v) is 3.66. The van der Waals surface area contributed by atoms with Gasteiger partial charge in [-0.2, -0.15) is 0 Å². The number of benzene rings is 2. The molecule has 0 aliphatic rings. The maximum Gasteiger partial charge on any atom is 0.293 e. The van der Waals surface area contributed by atoms with Gasteiger partial charge in [0.05, 0.1) is 9.82 Å². The molecule has 0 aromatic heterocycles. The Morgan fingerprint density at radius 1 is 1.09 bits per heavy atom. The summed E-state index contributed by atoms with van der Waals surface area (Å²) in [5.41, 5.74) is 0.0991. The first kappa shape index (κ1) is 26.1. The first-order valence-corrected chi connectivity index (χ1v) is 12.2. The molecule has 2 aromatic rings. The Kier molecular flexibility index (Phi) is 8.77. The summed E-state index contributed by atoms with van der Waals surface area (Å²) in [6.45, 7) is 3.83. The largest absolute Gasteiger partial charge is 0.378 e. The lowest BCUT2D eigenvalue weighted by molar-refractivity contribution is -0.384. The number of halogens is 1. The summed E-state index contributed by atoms with van der Waals surface area (Å²) in [5, 5.41) is 20.0. The standard InChI is InChI=1S/C21H25ClN4O6S/c1-13(2)19(25-20(27)14-4-6-15(22)7-5-14)21(28)24-11-10-23-17-9-8-16(33(3,31)32)12-18(17)26(29)30/h4-9,12-13,19,23H,10-11H2,1-3H3,(H,24,28)(H,25,27)/t19-/m0/s1. The highest BCUT2D eigenvalue weighted by Gasteiger charge is 2.24. The minimum atomic E-state index is -3.59. The second-order valence-corrected chi connectivity index (χ2v) is 10.1. The third-order valence-electron chi connectivity index (χ3n) is 4.68. The summed E-state index contributed by atoms with van der Waals surface area (Å²) < 4.78 is 23.3. The van der Waals surface area contributed by atoms with Crippen LogP contribution in [0.15, 0.2) is 47.4 Å². The van der Waals surface area contributed by atoms with Gasteiger partial charge < -0.3 is 16.0 Å². The van der Waals surface area contributed by atoms with Crippen LogP contribution in [0, 0.1) is 16.0 Å². The second kappa shape index (κ2) is 11.1. The van der Waals surface area contributed by atoms with Crippen LogP contribution >= 0.6 is 11.6 Å². The molecule has 2 aromatic carbocycles. The molecular weight excluding hydrogens is 472 g/mol. The molecule has 3 N–H and O–H groups in total. The minimum absolute atomic E-state index is 0.115. The quantitative estimate of drug-likeness (QED) is 0.260. The Balaban J connectivity index is 1.97. The number of nitrogens with one attached hydrogen (secondary N) is 3. The number of anilines is 1. The Labute approximate surface area is 196 Å². The number of amides is 2. The van der Waals surface area contributed by atoms with Crippen LogP contribution in [0.5, 0.6) is 0 Å². The Morgan fingerprint density at radius 2 is 1.73 bits per heavy atom. The first-order chi connectivity index (χ1) is 15.4. The zero-order chi connectivity index (χ0) is 24.8. The molecule has 0 unspecified atom stereocenters. The minimum Gasteiger partial charge on any atom is -0.378 e. The van der Waals surface area contributed by atoms with E-state index in [0.717, 1.165) is 12.3 Å². The third-order valence-corrected chi connectivity index (χ3v) is 6.04. The highest BCUT2D eigenvalue weighted by Crippen LogP contribution is 2.27. The number of sulfone groups is 1. The number of nitrogens with zero attached hydrogens (tertiary/aromatic N) is 1. The normalized spacial score (nSPS) is 12.2. The molecule has 0 aliphatic heterocycles. The van der Waals surface area contributed by atoms with Crippen LogP contribution in [-0.2, 0) is 14.6 Å². The molecule has 0 saturated heterocycles. The third kappa shape index (κ3) is 7.43. The van der Waals surface area contributed by atoms with E-state index in [1.165, 1.54) is 12.1 Å². The first-order valence-electron chi connectivity index (χ1n) is 9.96. The van der Waals surface area contributed by atoms with Gasteiger partial charge in [0, 0.05) is 36.0 Å². The lowest BCUT2D eigenvalue weighted by Crippen LogP contribution is -2.50. The van der Waals surface area contributed by atoms with Crippen molar-refractivity contribution in [2.45, 2.75) is 24.8 Å². The zero-order valence-electron chi connectivity index (χ0n) is 18.3. The van der Waals surface area contributed by atoms with Gasteiger partial charge in [-0.05, 0) is 42.3 Å². The lowest BCUT2D eigenvalue weighted by atomic mass is 10.0. The number of hydrogen-bond donors (Lipinski definition) is 3. The van der Waals surface area contributed by atoms with Crippen molar-refractivity contribution in [2.75, 3.05) is 24.7 Å². The molecule has 0 aliphatic carbocycles. The molecule has 0 fully saturated rings. The fourth-order valence-electron chi connectivity index (χ4n) is 2.90. The summed E-state index contributed by atoms with van der Waals surface area (Å²) in [4.78, 5) is 35.5. The summed E-state index contributed by atoms with van der Waals surface area (Å²) in [7, 11) is -3.59. The predicted molar refractivity (Wildman–Crippen MR) is 125 cm³/mol. The van der Waals surface area contributed by atoms with Crippen molar-refractivity contribution in [1.82, 2.24) is 10.6 Å². The van der Waals surface area contributed by atoms with E-state index in [4.69, 9.17) is 11.6 Å². The van der Waals surface area contributed by atoms with E-state index in [0.29, 0.717) is 10.6 Å². The number of rotatable bonds is 10. The van der Waals surface area contributed by atoms with Crippen LogP contribution < -0.4 is 16.0 Å². The van der Waals surface area contributed by atoms with Crippen molar-refractivity contribution >= 4 is 44.6 Å². The average molecular weight is 497 g/mol. The van der Waals surface area contributed by atoms with Gasteiger partial charge >= 0.3 is 0 Å². The van der Waals surface area contributed by atoms with Crippen LogP contribution in [0.4, 0.5) is 11.4 Å². The molecule has 2 rings (SSSR count). The number of nitro groups is 1. The van der Waals surface area contributed by atoms with Gasteiger partial charge in [-0.1, -0.05) is 25.4 Å². The van der Waals surface area contributed by atoms with Crippen LogP contribution in [0.25, 0.3) is 0 Å². The van der Waals surface area contributed by atoms with E-state index < -0.39 is 32.6 Å². The molecule has 1 atom stereocenters. The molecule has 0 heterocycles. The van der Waals surface area contributed by atoms with Gasteiger partial charge in [0.1, 0.15) is 11.7 Å². The highest BCUT2D eigenvalue weighted by atomic mass is 35.5. The van der Waals surface area contributed by atoms with E-state index in [9.17, 15) is 28.1 Å². The van der Waals surface area contributed by atoms with Gasteiger partial charge in [-0.25, -0.2) is 8.42 Å². The van der Waals surface area contributed by atoms with Gasteiger partial charge in [0.25, 0.3) is 11.6 Å². The molecule has 0 bridgehead atoms. The monoisotopic (exact) mass is 496 g/mol. The molecule has 0 saturated carbocycles. The summed E-state index contributed by atoms with van der Waals surface area (Å²) in [5.74, 6) is -1.02. The van der Waals surface area contributed by atoms with Crippen molar-refractivity contribution in [1.29, 1.82) is 0 Å². The van der Waals surface area contributed by atoms with Crippen LogP contribution in [0.2, 0.25) is 5.02 Å². The second-order valence-electron chi connectivity index (χ2n) is 7.63. The molecule has 10 nitrogen and oxygen atoms in total. The van der Waals surface area contributed by atoms with Crippen molar-refractivity contribution < 1.29 is 22.9 Å². The smallest absolute Gasteiger partial charge is 0.293 e. The van der Waals surface area contributed by atoms with Crippen molar-refractivity contribution in [3.05, 3.63) is 63.2 Å². The van der Waals surface area contributed by atoms with Gasteiger partial charge in [-0.15, -0.1) is 0 Å². The highest BCUT2D eigenvalue weighted by molar-refractivity contribution is 7.90. The molecule has 0 radical (unpaired) electrons. The Bertz CT molecular complexity index is 1140. The van der Waals surface area contributed by atoms with Gasteiger partial charge in [0.2, 0.25) is 5.91 Å². The maximum absolute atomic E-state index is 12.6. The van der Waals surface area contributed by atoms with Crippen molar-refractivity contribution in [3.63, 3.8) is 0 Å². The zero-order valence-corrected chi connectivity index (χ0v) is 19.9. The van der Waals surface area contributed by atoms with E-state index >= 15 is 0 Å². The Morgan fingerprint density at radius 3 is 2.27 bits per heavy atom. The number of carbonyl (C=O) groups is 2. The molecule has 12 heteroatoms. The summed E-state index contributed by atoms with van der Waals surface area (Å²) in [6, 6.07) is 9.03. The van der Waals surface area contributed by atoms with Gasteiger partial charge in [0.15, 0.2) is 9.84 Å². The molecule has 0 spiro atoms. The van der Waals surface area contributed by atoms with Crippen LogP contribution in [0.1, 0.15) is 24.2 Å². The van der Waals surface area contributed by atoms with E-state index in [2.05, 4.69) is 16.0 Å². The summed E-state index contributed by atoms with van der Waals surface area (Å²) >= 11 is 5.83. The van der Waals surface area contributed by atoms with Crippen molar-refractivity contribution in [3.8, 4) is 0 Å². The Hall–Kier alpha value is -3.18. The molecule has 178 valence electrons. The number of hydrogen-bond acceptors (Lipinski definition) is 7. The summed E-state index contributed by atoms with van der Waals surface area (Å²) in [6.07, 6.45) is 0.964. The van der Waals surface area contributed by atoms with E-state index in [1.807, 2.05) is 0 Å². The van der Waals surface area contributed by atoms with Crippen molar-refractivity contribution in [2.24, 2.45) is 5.92 Å². The molecule has 2 amide bonds. The van der Waals surface area contributed by atoms with E-state index in [-0.39, 0.29) is 35.3 Å². The van der Waals surface area contributed by atoms with Crippen LogP contribution in [-0.4, -0.2) is 50.5 Å². The number of carbonyl (C=O) groups excluding carboxylic acids is 2. The number of nitro benzene ring substituents is 1. The van der Waals surface area contributed by atoms with E-state index in [1.54, 1.807) is 38.1 Å². The SMILES string of the molecule is CC(C)[C@H](NC(=O)c1ccc(Cl)cc1)C(=O)NCCNc1ccc(S(C)(=O)=O)cc1[N+](=O)[O-]. The molecule has 33 heavy (non-hydrogen) atoms. The van der Waals surface area contributed by atoms with Crippen LogP contribution in [0.3, 0.4) is 0 Å². The fraction of sp³-hybridized carbons (Fsp3) is 0.333. The predicted octanol–water partition coefficient (Wildman–Crippen LogP) is 2.63. The molecular formula is C21H25ClN4O6S. The lowest BCUT2D eigenvalue weighted by Gasteiger charge is -2.22.